The van der Waals surface area contributed by atoms with Gasteiger partial charge in [0.15, 0.2) is 0 Å². The molecule has 0 spiro atoms. The van der Waals surface area contributed by atoms with E-state index in [9.17, 15) is 0 Å². The zero-order chi connectivity index (χ0) is 13.3. The molecule has 1 heterocycles. The molecule has 1 aromatic heterocycles. The number of halogens is 1. The van der Waals surface area contributed by atoms with E-state index >= 15 is 0 Å². The van der Waals surface area contributed by atoms with Crippen molar-refractivity contribution in [1.82, 2.24) is 9.78 Å². The fraction of sp³-hybridized carbons (Fsp3) is 0.786. The number of nitrogens with two attached hydrogens (primary N) is 1. The molecule has 0 saturated heterocycles. The zero-order valence-electron chi connectivity index (χ0n) is 11.7. The number of nitrogens with zero attached hydrogens (tertiary/aromatic N) is 2. The fourth-order valence-corrected chi connectivity index (χ4v) is 3.89. The molecule has 0 aromatic carbocycles. The highest BCUT2D eigenvalue weighted by molar-refractivity contribution is 9.10. The molecule has 1 fully saturated rings. The average Bonchev–Trinajstić information content (AvgIpc) is 2.56. The number of rotatable bonds is 3. The van der Waals surface area contributed by atoms with Crippen molar-refractivity contribution in [2.45, 2.75) is 46.0 Å². The molecule has 2 unspecified atom stereocenters. The molecule has 0 radical (unpaired) electrons. The normalized spacial score (nSPS) is 28.6. The maximum absolute atomic E-state index is 6.11. The van der Waals surface area contributed by atoms with Crippen LogP contribution in [0.15, 0.2) is 4.47 Å². The smallest absolute Gasteiger partial charge is 0.0738 e. The van der Waals surface area contributed by atoms with E-state index in [-0.39, 0.29) is 5.41 Å². The Labute approximate surface area is 118 Å². The molecule has 4 heteroatoms. The predicted octanol–water partition coefficient (Wildman–Crippen LogP) is 3.19. The van der Waals surface area contributed by atoms with Crippen LogP contribution in [-0.4, -0.2) is 16.3 Å². The van der Waals surface area contributed by atoms with Gasteiger partial charge in [0.25, 0.3) is 0 Å². The molecular weight excluding hydrogens is 290 g/mol. The van der Waals surface area contributed by atoms with E-state index < -0.39 is 0 Å². The standard InChI is InChI=1S/C14H24BrN3/c1-10-5-4-6-14(7-10,9-16)8-12-13(15)11(2)17-18(12)3/h10H,4-9,16H2,1-3H3. The first-order valence-electron chi connectivity index (χ1n) is 6.85. The van der Waals surface area contributed by atoms with E-state index in [1.54, 1.807) is 0 Å². The second kappa shape index (κ2) is 5.33. The Morgan fingerprint density at radius 2 is 2.28 bits per heavy atom. The van der Waals surface area contributed by atoms with Crippen LogP contribution in [0.3, 0.4) is 0 Å². The first kappa shape index (κ1) is 14.1. The lowest BCUT2D eigenvalue weighted by molar-refractivity contribution is 0.151. The fourth-order valence-electron chi connectivity index (χ4n) is 3.41. The summed E-state index contributed by atoms with van der Waals surface area (Å²) in [5.41, 5.74) is 8.76. The molecule has 1 saturated carbocycles. The van der Waals surface area contributed by atoms with Crippen LogP contribution < -0.4 is 5.73 Å². The molecule has 1 aliphatic carbocycles. The number of aryl methyl sites for hydroxylation is 2. The van der Waals surface area contributed by atoms with E-state index in [1.807, 2.05) is 18.7 Å². The summed E-state index contributed by atoms with van der Waals surface area (Å²) in [4.78, 5) is 0. The Bertz CT molecular complexity index is 427. The number of hydrogen-bond donors (Lipinski definition) is 1. The van der Waals surface area contributed by atoms with E-state index in [2.05, 4.69) is 28.0 Å². The number of aromatic nitrogens is 2. The van der Waals surface area contributed by atoms with Gasteiger partial charge in [-0.15, -0.1) is 0 Å². The van der Waals surface area contributed by atoms with Gasteiger partial charge in [-0.3, -0.25) is 4.68 Å². The van der Waals surface area contributed by atoms with Crippen LogP contribution in [0.25, 0.3) is 0 Å². The van der Waals surface area contributed by atoms with Crippen LogP contribution in [0.1, 0.15) is 44.0 Å². The summed E-state index contributed by atoms with van der Waals surface area (Å²) in [5, 5.41) is 4.49. The molecule has 2 N–H and O–H groups in total. The highest BCUT2D eigenvalue weighted by atomic mass is 79.9. The Balaban J connectivity index is 2.24. The molecule has 2 rings (SSSR count). The van der Waals surface area contributed by atoms with Crippen molar-refractivity contribution in [3.05, 3.63) is 15.9 Å². The summed E-state index contributed by atoms with van der Waals surface area (Å²) in [6.45, 7) is 5.19. The van der Waals surface area contributed by atoms with Gasteiger partial charge in [-0.2, -0.15) is 5.10 Å². The molecule has 3 nitrogen and oxygen atoms in total. The molecular formula is C14H24BrN3. The Morgan fingerprint density at radius 3 is 2.78 bits per heavy atom. The molecule has 18 heavy (non-hydrogen) atoms. The summed E-state index contributed by atoms with van der Waals surface area (Å²) in [7, 11) is 2.03. The van der Waals surface area contributed by atoms with Gasteiger partial charge in [0.1, 0.15) is 0 Å². The second-order valence-electron chi connectivity index (χ2n) is 6.05. The Morgan fingerprint density at radius 1 is 1.56 bits per heavy atom. The third-order valence-electron chi connectivity index (χ3n) is 4.42. The summed E-state index contributed by atoms with van der Waals surface area (Å²) in [5.74, 6) is 0.801. The Hall–Kier alpha value is -0.350. The zero-order valence-corrected chi connectivity index (χ0v) is 13.3. The molecule has 0 aliphatic heterocycles. The highest BCUT2D eigenvalue weighted by Crippen LogP contribution is 2.42. The first-order chi connectivity index (χ1) is 8.47. The van der Waals surface area contributed by atoms with Gasteiger partial charge in [-0.05, 0) is 60.0 Å². The lowest BCUT2D eigenvalue weighted by Gasteiger charge is -2.39. The van der Waals surface area contributed by atoms with Gasteiger partial charge in [0.05, 0.1) is 15.9 Å². The quantitative estimate of drug-likeness (QED) is 0.931. The summed E-state index contributed by atoms with van der Waals surface area (Å²) in [6, 6.07) is 0. The van der Waals surface area contributed by atoms with Crippen molar-refractivity contribution in [3.8, 4) is 0 Å². The average molecular weight is 314 g/mol. The van der Waals surface area contributed by atoms with Crippen molar-refractivity contribution in [3.63, 3.8) is 0 Å². The first-order valence-corrected chi connectivity index (χ1v) is 7.65. The minimum Gasteiger partial charge on any atom is -0.330 e. The van der Waals surface area contributed by atoms with Crippen molar-refractivity contribution < 1.29 is 0 Å². The van der Waals surface area contributed by atoms with Crippen LogP contribution in [0.2, 0.25) is 0 Å². The SMILES string of the molecule is Cc1nn(C)c(CC2(CN)CCCC(C)C2)c1Br. The van der Waals surface area contributed by atoms with Crippen LogP contribution in [0.4, 0.5) is 0 Å². The summed E-state index contributed by atoms with van der Waals surface area (Å²) < 4.78 is 3.17. The van der Waals surface area contributed by atoms with E-state index in [0.29, 0.717) is 0 Å². The molecule has 102 valence electrons. The summed E-state index contributed by atoms with van der Waals surface area (Å²) >= 11 is 3.67. The van der Waals surface area contributed by atoms with Crippen LogP contribution in [-0.2, 0) is 13.5 Å². The monoisotopic (exact) mass is 313 g/mol. The van der Waals surface area contributed by atoms with E-state index in [4.69, 9.17) is 5.73 Å². The van der Waals surface area contributed by atoms with Gasteiger partial charge in [-0.1, -0.05) is 19.8 Å². The van der Waals surface area contributed by atoms with Gasteiger partial charge in [-0.25, -0.2) is 0 Å². The topological polar surface area (TPSA) is 43.8 Å². The lowest BCUT2D eigenvalue weighted by Crippen LogP contribution is -2.37. The third-order valence-corrected chi connectivity index (χ3v) is 5.45. The lowest BCUT2D eigenvalue weighted by atomic mass is 9.67. The van der Waals surface area contributed by atoms with Crippen molar-refractivity contribution >= 4 is 15.9 Å². The molecule has 0 bridgehead atoms. The third kappa shape index (κ3) is 2.64. The number of hydrogen-bond acceptors (Lipinski definition) is 2. The summed E-state index contributed by atoms with van der Waals surface area (Å²) in [6.07, 6.45) is 6.22. The van der Waals surface area contributed by atoms with Gasteiger partial charge in [0.2, 0.25) is 0 Å². The maximum atomic E-state index is 6.11. The van der Waals surface area contributed by atoms with Crippen molar-refractivity contribution in [2.75, 3.05) is 6.54 Å². The molecule has 0 amide bonds. The largest absolute Gasteiger partial charge is 0.330 e. The van der Waals surface area contributed by atoms with Crippen molar-refractivity contribution in [2.24, 2.45) is 24.1 Å². The molecule has 1 aliphatic rings. The van der Waals surface area contributed by atoms with E-state index in [1.165, 1.54) is 31.4 Å². The van der Waals surface area contributed by atoms with Crippen LogP contribution >= 0.6 is 15.9 Å². The molecule has 1 aromatic rings. The van der Waals surface area contributed by atoms with Gasteiger partial charge in [0, 0.05) is 7.05 Å². The van der Waals surface area contributed by atoms with E-state index in [0.717, 1.165) is 29.1 Å². The minimum absolute atomic E-state index is 0.278. The van der Waals surface area contributed by atoms with Gasteiger partial charge < -0.3 is 5.73 Å². The molecule has 2 atom stereocenters. The van der Waals surface area contributed by atoms with Crippen LogP contribution in [0, 0.1) is 18.3 Å². The van der Waals surface area contributed by atoms with Crippen molar-refractivity contribution in [1.29, 1.82) is 0 Å². The predicted molar refractivity (Wildman–Crippen MR) is 78.5 cm³/mol. The minimum atomic E-state index is 0.278. The highest BCUT2D eigenvalue weighted by Gasteiger charge is 2.35. The maximum Gasteiger partial charge on any atom is 0.0738 e. The Kier molecular flexibility index (Phi) is 4.17. The van der Waals surface area contributed by atoms with Crippen LogP contribution in [0.5, 0.6) is 0 Å². The van der Waals surface area contributed by atoms with Gasteiger partial charge >= 0.3 is 0 Å². The second-order valence-corrected chi connectivity index (χ2v) is 6.85.